The number of carbonyl (C=O) groups is 2. The van der Waals surface area contributed by atoms with Gasteiger partial charge in [0.1, 0.15) is 11.6 Å². The Morgan fingerprint density at radius 1 is 1.21 bits per heavy atom. The molecular formula is C22H22FN3O3. The maximum absolute atomic E-state index is 14.5. The summed E-state index contributed by atoms with van der Waals surface area (Å²) in [6.07, 6.45) is 2.89. The average molecular weight is 395 g/mol. The van der Waals surface area contributed by atoms with Gasteiger partial charge < -0.3 is 20.3 Å². The number of carbonyl (C=O) groups excluding carboxylic acids is 2. The van der Waals surface area contributed by atoms with E-state index in [4.69, 9.17) is 4.74 Å². The largest absolute Gasteiger partial charge is 0.497 e. The number of benzene rings is 2. The van der Waals surface area contributed by atoms with Gasteiger partial charge in [-0.2, -0.15) is 0 Å². The third kappa shape index (κ3) is 3.10. The van der Waals surface area contributed by atoms with Gasteiger partial charge in [-0.05, 0) is 60.2 Å². The standard InChI is InChI=1S/C22H22FN3O3/c1-29-15-4-2-14-11-26(12-22(6-7-22)16(14)9-15)21(28)25-19-10-18-13(8-17(19)23)3-5-20(27)24-18/h2,4,8-10H,3,5-7,11-12H2,1H3,(H,24,27)(H,25,28). The maximum atomic E-state index is 14.5. The fraction of sp³-hybridized carbons (Fsp3) is 0.364. The minimum atomic E-state index is -0.489. The highest BCUT2D eigenvalue weighted by Gasteiger charge is 2.50. The van der Waals surface area contributed by atoms with Crippen LogP contribution in [0.3, 0.4) is 0 Å². The highest BCUT2D eigenvalue weighted by atomic mass is 19.1. The Labute approximate surface area is 168 Å². The fourth-order valence-electron chi connectivity index (χ4n) is 4.44. The van der Waals surface area contributed by atoms with Crippen LogP contribution in [0.2, 0.25) is 0 Å². The number of halogens is 1. The lowest BCUT2D eigenvalue weighted by molar-refractivity contribution is -0.116. The number of rotatable bonds is 2. The molecule has 150 valence electrons. The summed E-state index contributed by atoms with van der Waals surface area (Å²) in [7, 11) is 1.65. The van der Waals surface area contributed by atoms with Crippen LogP contribution in [0.5, 0.6) is 5.75 Å². The van der Waals surface area contributed by atoms with Crippen molar-refractivity contribution in [1.29, 1.82) is 0 Å². The lowest BCUT2D eigenvalue weighted by Gasteiger charge is -2.35. The summed E-state index contributed by atoms with van der Waals surface area (Å²) in [6, 6.07) is 8.55. The number of fused-ring (bicyclic) bond motifs is 3. The minimum Gasteiger partial charge on any atom is -0.497 e. The van der Waals surface area contributed by atoms with E-state index in [2.05, 4.69) is 16.7 Å². The Balaban J connectivity index is 1.38. The molecule has 5 rings (SSSR count). The van der Waals surface area contributed by atoms with Gasteiger partial charge in [-0.15, -0.1) is 0 Å². The average Bonchev–Trinajstić information content (AvgIpc) is 3.48. The Bertz CT molecular complexity index is 1030. The Morgan fingerprint density at radius 2 is 2.03 bits per heavy atom. The van der Waals surface area contributed by atoms with Gasteiger partial charge in [0.2, 0.25) is 5.91 Å². The van der Waals surface area contributed by atoms with Crippen LogP contribution in [-0.2, 0) is 23.2 Å². The highest BCUT2D eigenvalue weighted by Crippen LogP contribution is 2.53. The number of nitrogens with one attached hydrogen (secondary N) is 2. The van der Waals surface area contributed by atoms with E-state index in [1.54, 1.807) is 12.0 Å². The monoisotopic (exact) mass is 395 g/mol. The minimum absolute atomic E-state index is 0.0260. The SMILES string of the molecule is COc1ccc2c(c1)C1(CC1)CN(C(=O)Nc1cc3c(cc1F)CCC(=O)N3)C2. The Hall–Kier alpha value is -3.09. The summed E-state index contributed by atoms with van der Waals surface area (Å²) in [4.78, 5) is 26.3. The van der Waals surface area contributed by atoms with Crippen LogP contribution in [0.4, 0.5) is 20.6 Å². The van der Waals surface area contributed by atoms with Crippen molar-refractivity contribution < 1.29 is 18.7 Å². The quantitative estimate of drug-likeness (QED) is 0.813. The number of hydrogen-bond acceptors (Lipinski definition) is 3. The molecule has 2 aromatic rings. The van der Waals surface area contributed by atoms with Gasteiger partial charge in [-0.3, -0.25) is 4.79 Å². The van der Waals surface area contributed by atoms with Crippen LogP contribution >= 0.6 is 0 Å². The van der Waals surface area contributed by atoms with E-state index in [0.29, 0.717) is 31.6 Å². The predicted molar refractivity (Wildman–Crippen MR) is 107 cm³/mol. The molecule has 2 aliphatic heterocycles. The number of anilines is 2. The molecule has 0 radical (unpaired) electrons. The number of methoxy groups -OCH3 is 1. The topological polar surface area (TPSA) is 70.7 Å². The van der Waals surface area contributed by atoms with Crippen molar-refractivity contribution >= 4 is 23.3 Å². The zero-order valence-corrected chi connectivity index (χ0v) is 16.2. The van der Waals surface area contributed by atoms with Crippen molar-refractivity contribution in [2.24, 2.45) is 0 Å². The van der Waals surface area contributed by atoms with Gasteiger partial charge >= 0.3 is 6.03 Å². The molecule has 0 atom stereocenters. The number of aryl methyl sites for hydroxylation is 1. The van der Waals surface area contributed by atoms with E-state index in [-0.39, 0.29) is 23.0 Å². The first-order valence-electron chi connectivity index (χ1n) is 9.83. The lowest BCUT2D eigenvalue weighted by Crippen LogP contribution is -2.43. The summed E-state index contributed by atoms with van der Waals surface area (Å²) in [5.74, 6) is 0.239. The molecule has 1 saturated carbocycles. The van der Waals surface area contributed by atoms with Crippen molar-refractivity contribution in [3.05, 3.63) is 52.8 Å². The fourth-order valence-corrected chi connectivity index (χ4v) is 4.44. The van der Waals surface area contributed by atoms with Crippen molar-refractivity contribution in [3.8, 4) is 5.75 Å². The third-order valence-electron chi connectivity index (χ3n) is 6.21. The second-order valence-electron chi connectivity index (χ2n) is 8.13. The van der Waals surface area contributed by atoms with Crippen LogP contribution in [0, 0.1) is 5.82 Å². The molecule has 0 aromatic heterocycles. The zero-order valence-electron chi connectivity index (χ0n) is 16.2. The van der Waals surface area contributed by atoms with Crippen molar-refractivity contribution in [3.63, 3.8) is 0 Å². The Kier molecular flexibility index (Phi) is 4.01. The summed E-state index contributed by atoms with van der Waals surface area (Å²) in [5, 5.41) is 5.44. The van der Waals surface area contributed by atoms with Gasteiger partial charge in [0.15, 0.2) is 0 Å². The van der Waals surface area contributed by atoms with Gasteiger partial charge in [-0.25, -0.2) is 9.18 Å². The molecule has 1 spiro atoms. The van der Waals surface area contributed by atoms with Crippen LogP contribution < -0.4 is 15.4 Å². The lowest BCUT2D eigenvalue weighted by atomic mass is 9.87. The second-order valence-corrected chi connectivity index (χ2v) is 8.13. The number of hydrogen-bond donors (Lipinski definition) is 2. The molecule has 0 saturated heterocycles. The predicted octanol–water partition coefficient (Wildman–Crippen LogP) is 3.80. The van der Waals surface area contributed by atoms with Crippen LogP contribution in [-0.4, -0.2) is 30.5 Å². The van der Waals surface area contributed by atoms with Crippen LogP contribution in [0.25, 0.3) is 0 Å². The number of amides is 3. The summed E-state index contributed by atoms with van der Waals surface area (Å²) in [5.41, 5.74) is 3.72. The molecule has 0 bridgehead atoms. The van der Waals surface area contributed by atoms with Crippen LogP contribution in [0.15, 0.2) is 30.3 Å². The van der Waals surface area contributed by atoms with Crippen LogP contribution in [0.1, 0.15) is 36.0 Å². The first-order chi connectivity index (χ1) is 14.0. The molecule has 2 N–H and O–H groups in total. The molecule has 29 heavy (non-hydrogen) atoms. The van der Waals surface area contributed by atoms with Crippen molar-refractivity contribution in [1.82, 2.24) is 4.90 Å². The summed E-state index contributed by atoms with van der Waals surface area (Å²) in [6.45, 7) is 1.07. The molecule has 3 aliphatic rings. The first kappa shape index (κ1) is 18.0. The van der Waals surface area contributed by atoms with Gasteiger partial charge in [-0.1, -0.05) is 6.07 Å². The molecule has 1 aliphatic carbocycles. The maximum Gasteiger partial charge on any atom is 0.322 e. The summed E-state index contributed by atoms with van der Waals surface area (Å²) < 4.78 is 19.9. The van der Waals surface area contributed by atoms with E-state index < -0.39 is 5.82 Å². The van der Waals surface area contributed by atoms with E-state index >= 15 is 0 Å². The normalized spacial score (nSPS) is 18.6. The summed E-state index contributed by atoms with van der Waals surface area (Å²) >= 11 is 0. The third-order valence-corrected chi connectivity index (χ3v) is 6.21. The first-order valence-corrected chi connectivity index (χ1v) is 9.83. The second kappa shape index (κ2) is 6.47. The number of nitrogens with zero attached hydrogens (tertiary/aromatic N) is 1. The van der Waals surface area contributed by atoms with E-state index in [1.165, 1.54) is 17.7 Å². The molecule has 3 amide bonds. The molecule has 2 heterocycles. The molecular weight excluding hydrogens is 373 g/mol. The highest BCUT2D eigenvalue weighted by molar-refractivity contribution is 5.96. The van der Waals surface area contributed by atoms with Gasteiger partial charge in [0.05, 0.1) is 12.8 Å². The number of urea groups is 1. The molecule has 7 heteroatoms. The van der Waals surface area contributed by atoms with Crippen molar-refractivity contribution in [2.75, 3.05) is 24.3 Å². The van der Waals surface area contributed by atoms with E-state index in [0.717, 1.165) is 29.7 Å². The van der Waals surface area contributed by atoms with Gasteiger partial charge in [0, 0.05) is 30.6 Å². The van der Waals surface area contributed by atoms with E-state index in [9.17, 15) is 14.0 Å². The van der Waals surface area contributed by atoms with Gasteiger partial charge in [0.25, 0.3) is 0 Å². The van der Waals surface area contributed by atoms with E-state index in [1.807, 2.05) is 12.1 Å². The zero-order chi connectivity index (χ0) is 20.2. The number of ether oxygens (including phenoxy) is 1. The molecule has 2 aromatic carbocycles. The molecule has 0 unspecified atom stereocenters. The Morgan fingerprint density at radius 3 is 2.79 bits per heavy atom. The molecule has 6 nitrogen and oxygen atoms in total. The van der Waals surface area contributed by atoms with Crippen molar-refractivity contribution in [2.45, 2.75) is 37.6 Å². The smallest absolute Gasteiger partial charge is 0.322 e. The molecule has 1 fully saturated rings.